The van der Waals surface area contributed by atoms with Crippen molar-refractivity contribution < 1.29 is 4.74 Å². The monoisotopic (exact) mass is 431 g/mol. The van der Waals surface area contributed by atoms with Crippen LogP contribution in [-0.4, -0.2) is 0 Å². The van der Waals surface area contributed by atoms with E-state index in [1.807, 2.05) is 18.2 Å². The van der Waals surface area contributed by atoms with Gasteiger partial charge in [0.05, 0.1) is 6.04 Å². The molecule has 3 heteroatoms. The number of rotatable bonds is 4. The van der Waals surface area contributed by atoms with Gasteiger partial charge in [0.15, 0.2) is 0 Å². The zero-order valence-corrected chi connectivity index (χ0v) is 17.1. The van der Waals surface area contributed by atoms with E-state index < -0.39 is 0 Å². The Hall–Kier alpha value is -2.52. The van der Waals surface area contributed by atoms with Crippen molar-refractivity contribution in [1.82, 2.24) is 0 Å². The van der Waals surface area contributed by atoms with Crippen LogP contribution in [0.2, 0.25) is 0 Å². The van der Waals surface area contributed by atoms with E-state index in [1.165, 1.54) is 22.4 Å². The van der Waals surface area contributed by atoms with Crippen LogP contribution in [0.5, 0.6) is 5.75 Å². The van der Waals surface area contributed by atoms with Crippen molar-refractivity contribution >= 4 is 21.6 Å². The average Bonchev–Trinajstić information content (AvgIpc) is 3.23. The minimum absolute atomic E-state index is 0.317. The Balaban J connectivity index is 1.35. The maximum atomic E-state index is 5.95. The molecule has 0 saturated carbocycles. The average molecular weight is 432 g/mol. The number of allylic oxidation sites excluding steroid dienone is 2. The highest BCUT2D eigenvalue weighted by Crippen LogP contribution is 2.50. The zero-order valence-electron chi connectivity index (χ0n) is 15.5. The molecule has 140 valence electrons. The molecule has 0 amide bonds. The Bertz CT molecular complexity index is 997. The molecule has 2 nitrogen and oxygen atoms in total. The van der Waals surface area contributed by atoms with E-state index in [1.54, 1.807) is 0 Å². The largest absolute Gasteiger partial charge is 0.489 e. The lowest BCUT2D eigenvalue weighted by atomic mass is 9.77. The summed E-state index contributed by atoms with van der Waals surface area (Å²) in [6.45, 7) is 0.596. The van der Waals surface area contributed by atoms with Gasteiger partial charge in [0.1, 0.15) is 12.4 Å². The lowest BCUT2D eigenvalue weighted by Gasteiger charge is -2.37. The SMILES string of the molecule is Brc1ccc2c(c1)C1C=CCC1C(c1ccc(OCc3ccccc3)cc1)N2. The van der Waals surface area contributed by atoms with Gasteiger partial charge < -0.3 is 10.1 Å². The number of hydrogen-bond acceptors (Lipinski definition) is 2. The van der Waals surface area contributed by atoms with Gasteiger partial charge in [-0.15, -0.1) is 0 Å². The van der Waals surface area contributed by atoms with Crippen molar-refractivity contribution in [3.8, 4) is 5.75 Å². The smallest absolute Gasteiger partial charge is 0.119 e. The van der Waals surface area contributed by atoms with Crippen molar-refractivity contribution in [1.29, 1.82) is 0 Å². The van der Waals surface area contributed by atoms with Crippen LogP contribution in [-0.2, 0) is 6.61 Å². The molecule has 0 fully saturated rings. The lowest BCUT2D eigenvalue weighted by molar-refractivity contribution is 0.306. The fourth-order valence-corrected chi connectivity index (χ4v) is 4.79. The van der Waals surface area contributed by atoms with Crippen LogP contribution in [0.3, 0.4) is 0 Å². The van der Waals surface area contributed by atoms with Crippen molar-refractivity contribution in [3.63, 3.8) is 0 Å². The van der Waals surface area contributed by atoms with Crippen LogP contribution >= 0.6 is 15.9 Å². The van der Waals surface area contributed by atoms with Crippen LogP contribution in [0.15, 0.2) is 89.4 Å². The van der Waals surface area contributed by atoms with Crippen LogP contribution < -0.4 is 10.1 Å². The highest BCUT2D eigenvalue weighted by Gasteiger charge is 2.37. The second kappa shape index (κ2) is 7.48. The summed E-state index contributed by atoms with van der Waals surface area (Å²) in [5.74, 6) is 1.94. The Labute approximate surface area is 174 Å². The summed E-state index contributed by atoms with van der Waals surface area (Å²) in [5, 5.41) is 3.79. The van der Waals surface area contributed by atoms with Gasteiger partial charge in [0.2, 0.25) is 0 Å². The number of benzene rings is 3. The third kappa shape index (κ3) is 3.35. The first-order chi connectivity index (χ1) is 13.8. The Morgan fingerprint density at radius 2 is 1.79 bits per heavy atom. The molecule has 3 unspecified atom stereocenters. The topological polar surface area (TPSA) is 21.3 Å². The van der Waals surface area contributed by atoms with Crippen LogP contribution in [0.25, 0.3) is 0 Å². The molecule has 1 aliphatic carbocycles. The minimum Gasteiger partial charge on any atom is -0.489 e. The molecule has 28 heavy (non-hydrogen) atoms. The summed E-state index contributed by atoms with van der Waals surface area (Å²) in [5.41, 5.74) is 5.14. The predicted molar refractivity (Wildman–Crippen MR) is 118 cm³/mol. The molecule has 2 aliphatic rings. The lowest BCUT2D eigenvalue weighted by Crippen LogP contribution is -2.29. The summed E-state index contributed by atoms with van der Waals surface area (Å²) < 4.78 is 7.10. The highest BCUT2D eigenvalue weighted by atomic mass is 79.9. The first kappa shape index (κ1) is 17.6. The molecular formula is C25H22BrNO. The molecule has 3 aromatic carbocycles. The first-order valence-corrected chi connectivity index (χ1v) is 10.6. The molecule has 1 N–H and O–H groups in total. The van der Waals surface area contributed by atoms with Gasteiger partial charge >= 0.3 is 0 Å². The molecule has 1 heterocycles. The number of hydrogen-bond donors (Lipinski definition) is 1. The normalized spacial score (nSPS) is 22.2. The van der Waals surface area contributed by atoms with E-state index in [2.05, 4.69) is 88.0 Å². The summed E-state index contributed by atoms with van der Waals surface area (Å²) in [4.78, 5) is 0. The van der Waals surface area contributed by atoms with Crippen molar-refractivity contribution in [2.24, 2.45) is 5.92 Å². The minimum atomic E-state index is 0.317. The van der Waals surface area contributed by atoms with Crippen molar-refractivity contribution in [2.45, 2.75) is 25.0 Å². The number of nitrogens with one attached hydrogen (secondary N) is 1. The quantitative estimate of drug-likeness (QED) is 0.455. The van der Waals surface area contributed by atoms with Gasteiger partial charge in [-0.3, -0.25) is 0 Å². The van der Waals surface area contributed by atoms with Gasteiger partial charge in [0.25, 0.3) is 0 Å². The molecule has 0 radical (unpaired) electrons. The van der Waals surface area contributed by atoms with E-state index in [9.17, 15) is 0 Å². The summed E-state index contributed by atoms with van der Waals surface area (Å²) in [7, 11) is 0. The van der Waals surface area contributed by atoms with Gasteiger partial charge in [-0.1, -0.05) is 70.5 Å². The fourth-order valence-electron chi connectivity index (χ4n) is 4.41. The molecule has 0 bridgehead atoms. The highest BCUT2D eigenvalue weighted by molar-refractivity contribution is 9.10. The molecule has 0 spiro atoms. The number of halogens is 1. The predicted octanol–water partition coefficient (Wildman–Crippen LogP) is 6.85. The van der Waals surface area contributed by atoms with Crippen molar-refractivity contribution in [2.75, 3.05) is 5.32 Å². The Morgan fingerprint density at radius 3 is 2.61 bits per heavy atom. The maximum Gasteiger partial charge on any atom is 0.119 e. The molecule has 5 rings (SSSR count). The Kier molecular flexibility index (Phi) is 4.69. The van der Waals surface area contributed by atoms with Crippen LogP contribution in [0, 0.1) is 5.92 Å². The Morgan fingerprint density at radius 1 is 0.964 bits per heavy atom. The van der Waals surface area contributed by atoms with E-state index in [-0.39, 0.29) is 0 Å². The van der Waals surface area contributed by atoms with E-state index in [4.69, 9.17) is 4.74 Å². The van der Waals surface area contributed by atoms with E-state index in [0.717, 1.165) is 16.6 Å². The molecule has 3 aromatic rings. The standard InChI is InChI=1S/C25H22BrNO/c26-19-11-14-24-23(15-19)21-7-4-8-22(21)25(27-24)18-9-12-20(13-10-18)28-16-17-5-2-1-3-6-17/h1-7,9-15,21-22,25,27H,8,16H2. The van der Waals surface area contributed by atoms with E-state index >= 15 is 0 Å². The number of fused-ring (bicyclic) bond motifs is 3. The first-order valence-electron chi connectivity index (χ1n) is 9.77. The third-order valence-electron chi connectivity index (χ3n) is 5.81. The van der Waals surface area contributed by atoms with Crippen LogP contribution in [0.1, 0.15) is 35.1 Å². The maximum absolute atomic E-state index is 5.95. The second-order valence-corrected chi connectivity index (χ2v) is 8.47. The molecule has 3 atom stereocenters. The molecular weight excluding hydrogens is 410 g/mol. The van der Waals surface area contributed by atoms with Gasteiger partial charge in [-0.25, -0.2) is 0 Å². The van der Waals surface area contributed by atoms with E-state index in [0.29, 0.717) is 24.5 Å². The molecule has 0 aromatic heterocycles. The number of ether oxygens (including phenoxy) is 1. The van der Waals surface area contributed by atoms with Gasteiger partial charge in [-0.05, 0) is 59.4 Å². The number of anilines is 1. The zero-order chi connectivity index (χ0) is 18.9. The van der Waals surface area contributed by atoms with Gasteiger partial charge in [-0.2, -0.15) is 0 Å². The molecule has 1 aliphatic heterocycles. The van der Waals surface area contributed by atoms with Crippen molar-refractivity contribution in [3.05, 3.63) is 106 Å². The van der Waals surface area contributed by atoms with Gasteiger partial charge in [0, 0.05) is 16.1 Å². The summed E-state index contributed by atoms with van der Waals surface area (Å²) in [6.07, 6.45) is 5.82. The summed E-state index contributed by atoms with van der Waals surface area (Å²) in [6, 6.07) is 25.7. The third-order valence-corrected chi connectivity index (χ3v) is 6.31. The molecule has 0 saturated heterocycles. The van der Waals surface area contributed by atoms with Crippen LogP contribution in [0.4, 0.5) is 5.69 Å². The summed E-state index contributed by atoms with van der Waals surface area (Å²) >= 11 is 3.62. The fraction of sp³-hybridized carbons (Fsp3) is 0.200. The second-order valence-electron chi connectivity index (χ2n) is 7.55.